The van der Waals surface area contributed by atoms with Gasteiger partial charge in [-0.25, -0.2) is 9.97 Å². The van der Waals surface area contributed by atoms with Gasteiger partial charge >= 0.3 is 0 Å². The van der Waals surface area contributed by atoms with E-state index in [0.29, 0.717) is 19.5 Å². The predicted molar refractivity (Wildman–Crippen MR) is 122 cm³/mol. The third-order valence-corrected chi connectivity index (χ3v) is 5.88. The Morgan fingerprint density at radius 1 is 1.10 bits per heavy atom. The summed E-state index contributed by atoms with van der Waals surface area (Å²) in [6.07, 6.45) is 6.34. The highest BCUT2D eigenvalue weighted by Crippen LogP contribution is 2.36. The molecule has 1 N–H and O–H groups in total. The summed E-state index contributed by atoms with van der Waals surface area (Å²) in [5, 5.41) is 6.46. The molecule has 6 nitrogen and oxygen atoms in total. The molecule has 0 unspecified atom stereocenters. The molecule has 1 amide bonds. The Morgan fingerprint density at radius 3 is 2.70 bits per heavy atom. The average Bonchev–Trinajstić information content (AvgIpc) is 3.24. The lowest BCUT2D eigenvalue weighted by atomic mass is 10.1. The standard InChI is InChI=1S/C23H23N5OS/c1-28(14-10-17-7-11-24-12-8-17)20(29)9-13-25-22-21-19(18-5-3-2-4-6-18)15-30-23(21)27-16-26-22/h2-8,11-12,15-16H,9-10,13-14H2,1H3,(H,25,26,27). The number of pyridine rings is 1. The van der Waals surface area contributed by atoms with Crippen molar-refractivity contribution in [1.82, 2.24) is 19.9 Å². The zero-order valence-electron chi connectivity index (χ0n) is 16.8. The minimum absolute atomic E-state index is 0.107. The minimum atomic E-state index is 0.107. The minimum Gasteiger partial charge on any atom is -0.369 e. The number of aromatic nitrogens is 3. The van der Waals surface area contributed by atoms with Gasteiger partial charge in [0.15, 0.2) is 0 Å². The number of hydrogen-bond donors (Lipinski definition) is 1. The first-order valence-corrected chi connectivity index (χ1v) is 10.7. The van der Waals surface area contributed by atoms with E-state index in [1.807, 2.05) is 37.4 Å². The van der Waals surface area contributed by atoms with E-state index in [-0.39, 0.29) is 5.91 Å². The molecule has 4 rings (SSSR count). The Bertz CT molecular complexity index is 1110. The number of nitrogens with one attached hydrogen (secondary N) is 1. The van der Waals surface area contributed by atoms with Crippen molar-refractivity contribution in [1.29, 1.82) is 0 Å². The van der Waals surface area contributed by atoms with Gasteiger partial charge in [-0.3, -0.25) is 9.78 Å². The van der Waals surface area contributed by atoms with Crippen molar-refractivity contribution in [3.8, 4) is 11.1 Å². The summed E-state index contributed by atoms with van der Waals surface area (Å²) in [4.78, 5) is 28.1. The summed E-state index contributed by atoms with van der Waals surface area (Å²) in [7, 11) is 1.85. The van der Waals surface area contributed by atoms with Gasteiger partial charge in [-0.15, -0.1) is 11.3 Å². The Kier molecular flexibility index (Phi) is 6.29. The molecule has 0 spiro atoms. The molecule has 30 heavy (non-hydrogen) atoms. The highest BCUT2D eigenvalue weighted by atomic mass is 32.1. The van der Waals surface area contributed by atoms with E-state index in [9.17, 15) is 4.79 Å². The summed E-state index contributed by atoms with van der Waals surface area (Å²) < 4.78 is 0. The summed E-state index contributed by atoms with van der Waals surface area (Å²) >= 11 is 1.60. The zero-order valence-corrected chi connectivity index (χ0v) is 17.6. The second-order valence-electron chi connectivity index (χ2n) is 7.02. The van der Waals surface area contributed by atoms with E-state index in [0.717, 1.165) is 33.6 Å². The van der Waals surface area contributed by atoms with Gasteiger partial charge in [0.2, 0.25) is 5.91 Å². The number of anilines is 1. The first-order chi connectivity index (χ1) is 14.7. The normalized spacial score (nSPS) is 10.8. The largest absolute Gasteiger partial charge is 0.369 e. The second kappa shape index (κ2) is 9.45. The van der Waals surface area contributed by atoms with E-state index in [4.69, 9.17) is 0 Å². The molecule has 1 aromatic carbocycles. The number of hydrogen-bond acceptors (Lipinski definition) is 6. The molecule has 3 heterocycles. The van der Waals surface area contributed by atoms with Crippen molar-refractivity contribution >= 4 is 33.3 Å². The highest BCUT2D eigenvalue weighted by molar-refractivity contribution is 7.17. The third kappa shape index (κ3) is 4.63. The Balaban J connectivity index is 1.38. The van der Waals surface area contributed by atoms with E-state index in [1.165, 1.54) is 5.56 Å². The number of fused-ring (bicyclic) bond motifs is 1. The van der Waals surface area contributed by atoms with Crippen molar-refractivity contribution in [2.45, 2.75) is 12.8 Å². The number of carbonyl (C=O) groups is 1. The maximum Gasteiger partial charge on any atom is 0.224 e. The van der Waals surface area contributed by atoms with Crippen LogP contribution in [0.5, 0.6) is 0 Å². The van der Waals surface area contributed by atoms with E-state index < -0.39 is 0 Å². The fraction of sp³-hybridized carbons (Fsp3) is 0.217. The van der Waals surface area contributed by atoms with Crippen molar-refractivity contribution in [2.75, 3.05) is 25.5 Å². The molecule has 0 atom stereocenters. The van der Waals surface area contributed by atoms with E-state index >= 15 is 0 Å². The molecule has 0 fully saturated rings. The predicted octanol–water partition coefficient (Wildman–Crippen LogP) is 4.26. The lowest BCUT2D eigenvalue weighted by Gasteiger charge is -2.17. The summed E-state index contributed by atoms with van der Waals surface area (Å²) in [5.74, 6) is 0.878. The summed E-state index contributed by atoms with van der Waals surface area (Å²) in [5.41, 5.74) is 3.42. The molecule has 0 aliphatic carbocycles. The third-order valence-electron chi connectivity index (χ3n) is 5.00. The molecule has 0 aliphatic heterocycles. The molecule has 0 aliphatic rings. The summed E-state index contributed by atoms with van der Waals surface area (Å²) in [6, 6.07) is 14.2. The van der Waals surface area contributed by atoms with Gasteiger partial charge in [0.1, 0.15) is 17.0 Å². The quantitative estimate of drug-likeness (QED) is 0.464. The lowest BCUT2D eigenvalue weighted by molar-refractivity contribution is -0.129. The monoisotopic (exact) mass is 417 g/mol. The molecule has 152 valence electrons. The van der Waals surface area contributed by atoms with Crippen LogP contribution in [0.1, 0.15) is 12.0 Å². The second-order valence-corrected chi connectivity index (χ2v) is 7.87. The smallest absolute Gasteiger partial charge is 0.224 e. The molecule has 4 aromatic rings. The van der Waals surface area contributed by atoms with Crippen LogP contribution >= 0.6 is 11.3 Å². The fourth-order valence-electron chi connectivity index (χ4n) is 3.29. The van der Waals surface area contributed by atoms with Gasteiger partial charge in [0.25, 0.3) is 0 Å². The molecule has 7 heteroatoms. The average molecular weight is 418 g/mol. The molecule has 0 saturated heterocycles. The van der Waals surface area contributed by atoms with Crippen LogP contribution in [-0.4, -0.2) is 45.9 Å². The van der Waals surface area contributed by atoms with Crippen LogP contribution in [0.15, 0.2) is 66.6 Å². The SMILES string of the molecule is CN(CCc1ccncc1)C(=O)CCNc1ncnc2scc(-c3ccccc3)c12. The number of likely N-dealkylation sites (N-methyl/N-ethyl adjacent to an activating group) is 1. The maximum atomic E-state index is 12.5. The highest BCUT2D eigenvalue weighted by Gasteiger charge is 2.14. The molecule has 3 aromatic heterocycles. The van der Waals surface area contributed by atoms with Crippen LogP contribution in [-0.2, 0) is 11.2 Å². The number of nitrogens with zero attached hydrogens (tertiary/aromatic N) is 4. The molecular weight excluding hydrogens is 394 g/mol. The number of rotatable bonds is 8. The first-order valence-electron chi connectivity index (χ1n) is 9.87. The van der Waals surface area contributed by atoms with Crippen LogP contribution in [0.4, 0.5) is 5.82 Å². The maximum absolute atomic E-state index is 12.5. The van der Waals surface area contributed by atoms with Crippen LogP contribution in [0, 0.1) is 0 Å². The summed E-state index contributed by atoms with van der Waals surface area (Å²) in [6.45, 7) is 1.21. The number of carbonyl (C=O) groups excluding carboxylic acids is 1. The first kappa shape index (κ1) is 20.0. The van der Waals surface area contributed by atoms with Gasteiger partial charge in [0.05, 0.1) is 5.39 Å². The van der Waals surface area contributed by atoms with Gasteiger partial charge < -0.3 is 10.2 Å². The van der Waals surface area contributed by atoms with Gasteiger partial charge in [0, 0.05) is 49.9 Å². The van der Waals surface area contributed by atoms with Crippen molar-refractivity contribution in [2.24, 2.45) is 0 Å². The molecule has 0 radical (unpaired) electrons. The fourth-order valence-corrected chi connectivity index (χ4v) is 4.20. The Morgan fingerprint density at radius 2 is 1.90 bits per heavy atom. The van der Waals surface area contributed by atoms with Crippen molar-refractivity contribution < 1.29 is 4.79 Å². The molecule has 0 saturated carbocycles. The topological polar surface area (TPSA) is 71.0 Å². The molecule has 0 bridgehead atoms. The molecular formula is C23H23N5OS. The van der Waals surface area contributed by atoms with E-state index in [2.05, 4.69) is 37.8 Å². The van der Waals surface area contributed by atoms with Crippen LogP contribution in [0.25, 0.3) is 21.3 Å². The van der Waals surface area contributed by atoms with Crippen molar-refractivity contribution in [3.05, 3.63) is 72.1 Å². The number of benzene rings is 1. The number of amides is 1. The van der Waals surface area contributed by atoms with Crippen LogP contribution in [0.2, 0.25) is 0 Å². The zero-order chi connectivity index (χ0) is 20.8. The van der Waals surface area contributed by atoms with Gasteiger partial charge in [-0.1, -0.05) is 30.3 Å². The van der Waals surface area contributed by atoms with E-state index in [1.54, 1.807) is 35.0 Å². The van der Waals surface area contributed by atoms with Gasteiger partial charge in [-0.05, 0) is 29.7 Å². The lowest BCUT2D eigenvalue weighted by Crippen LogP contribution is -2.30. The van der Waals surface area contributed by atoms with Crippen LogP contribution in [0.3, 0.4) is 0 Å². The number of thiophene rings is 1. The van der Waals surface area contributed by atoms with Gasteiger partial charge in [-0.2, -0.15) is 0 Å². The van der Waals surface area contributed by atoms with Crippen LogP contribution < -0.4 is 5.32 Å². The Labute approximate surface area is 179 Å². The Hall–Kier alpha value is -3.32. The van der Waals surface area contributed by atoms with Crippen molar-refractivity contribution in [3.63, 3.8) is 0 Å².